The molecule has 16 heavy (non-hydrogen) atoms. The van der Waals surface area contributed by atoms with Gasteiger partial charge in [0.25, 0.3) is 0 Å². The number of aryl methyl sites for hydroxylation is 2. The van der Waals surface area contributed by atoms with E-state index < -0.39 is 23.3 Å². The Kier molecular flexibility index (Phi) is 3.55. The largest absolute Gasteiger partial charge is 0.476 e. The van der Waals surface area contributed by atoms with Crippen LogP contribution in [0.2, 0.25) is 0 Å². The Balaban J connectivity index is 3.47. The van der Waals surface area contributed by atoms with E-state index in [0.717, 1.165) is 0 Å². The van der Waals surface area contributed by atoms with E-state index in [4.69, 9.17) is 10.2 Å². The summed E-state index contributed by atoms with van der Waals surface area (Å²) in [5.74, 6) is -2.75. The fourth-order valence-corrected chi connectivity index (χ4v) is 1.37. The summed E-state index contributed by atoms with van der Waals surface area (Å²) < 4.78 is 0. The maximum Gasteiger partial charge on any atom is 0.357 e. The Labute approximate surface area is 92.0 Å². The highest BCUT2D eigenvalue weighted by molar-refractivity contribution is 5.98. The zero-order chi connectivity index (χ0) is 12.3. The van der Waals surface area contributed by atoms with Crippen molar-refractivity contribution >= 4 is 11.9 Å². The maximum atomic E-state index is 10.8. The minimum absolute atomic E-state index is 0.499. The molecule has 0 fully saturated rings. The van der Waals surface area contributed by atoms with E-state index in [0.29, 0.717) is 24.2 Å². The number of carbonyl (C=O) groups is 2. The first-order valence-corrected chi connectivity index (χ1v) is 4.87. The molecule has 6 heteroatoms. The number of aromatic nitrogens is 2. The molecule has 0 aliphatic carbocycles. The second-order valence-electron chi connectivity index (χ2n) is 3.13. The van der Waals surface area contributed by atoms with Crippen LogP contribution in [-0.2, 0) is 12.8 Å². The second kappa shape index (κ2) is 4.69. The molecule has 2 N–H and O–H groups in total. The van der Waals surface area contributed by atoms with Gasteiger partial charge >= 0.3 is 11.9 Å². The molecule has 86 valence electrons. The van der Waals surface area contributed by atoms with Crippen LogP contribution in [0.5, 0.6) is 0 Å². The highest BCUT2D eigenvalue weighted by Crippen LogP contribution is 2.11. The van der Waals surface area contributed by atoms with E-state index in [1.54, 1.807) is 0 Å². The van der Waals surface area contributed by atoms with Crippen molar-refractivity contribution in [3.05, 3.63) is 22.8 Å². The van der Waals surface area contributed by atoms with Gasteiger partial charge in [0.1, 0.15) is 0 Å². The summed E-state index contributed by atoms with van der Waals surface area (Å²) in [6.07, 6.45) is 1.05. The van der Waals surface area contributed by atoms with Crippen LogP contribution in [-0.4, -0.2) is 32.1 Å². The number of aromatic carboxylic acids is 2. The van der Waals surface area contributed by atoms with E-state index in [9.17, 15) is 9.59 Å². The zero-order valence-electron chi connectivity index (χ0n) is 9.02. The van der Waals surface area contributed by atoms with E-state index in [-0.39, 0.29) is 0 Å². The van der Waals surface area contributed by atoms with Crippen molar-refractivity contribution in [1.29, 1.82) is 0 Å². The smallest absolute Gasteiger partial charge is 0.357 e. The predicted molar refractivity (Wildman–Crippen MR) is 54.7 cm³/mol. The SMILES string of the molecule is CCc1nc(C(=O)O)c(C(=O)O)nc1CC. The van der Waals surface area contributed by atoms with Gasteiger partial charge in [0.05, 0.1) is 11.4 Å². The van der Waals surface area contributed by atoms with Gasteiger partial charge in [-0.05, 0) is 12.8 Å². The third-order valence-electron chi connectivity index (χ3n) is 2.13. The topological polar surface area (TPSA) is 100 Å². The summed E-state index contributed by atoms with van der Waals surface area (Å²) >= 11 is 0. The summed E-state index contributed by atoms with van der Waals surface area (Å²) in [6, 6.07) is 0. The van der Waals surface area contributed by atoms with Crippen molar-refractivity contribution in [3.63, 3.8) is 0 Å². The predicted octanol–water partition coefficient (Wildman–Crippen LogP) is 0.998. The average molecular weight is 224 g/mol. The normalized spacial score (nSPS) is 10.1. The minimum Gasteiger partial charge on any atom is -0.476 e. The lowest BCUT2D eigenvalue weighted by atomic mass is 10.1. The Morgan fingerprint density at radius 1 is 0.938 bits per heavy atom. The third-order valence-corrected chi connectivity index (χ3v) is 2.13. The second-order valence-corrected chi connectivity index (χ2v) is 3.13. The molecule has 0 aliphatic heterocycles. The van der Waals surface area contributed by atoms with Crippen LogP contribution in [0.25, 0.3) is 0 Å². The number of nitrogens with zero attached hydrogens (tertiary/aromatic N) is 2. The van der Waals surface area contributed by atoms with Crippen LogP contribution in [0.4, 0.5) is 0 Å². The summed E-state index contributed by atoms with van der Waals surface area (Å²) in [7, 11) is 0. The van der Waals surface area contributed by atoms with Crippen molar-refractivity contribution in [2.75, 3.05) is 0 Å². The molecule has 6 nitrogen and oxygen atoms in total. The lowest BCUT2D eigenvalue weighted by Crippen LogP contribution is -2.17. The van der Waals surface area contributed by atoms with Crippen molar-refractivity contribution in [1.82, 2.24) is 9.97 Å². The Hall–Kier alpha value is -1.98. The van der Waals surface area contributed by atoms with Crippen LogP contribution < -0.4 is 0 Å². The summed E-state index contributed by atoms with van der Waals surface area (Å²) in [5, 5.41) is 17.7. The molecule has 1 aromatic rings. The van der Waals surface area contributed by atoms with Crippen LogP contribution in [0, 0.1) is 0 Å². The number of carboxylic acids is 2. The lowest BCUT2D eigenvalue weighted by molar-refractivity contribution is 0.0640. The highest BCUT2D eigenvalue weighted by atomic mass is 16.4. The fourth-order valence-electron chi connectivity index (χ4n) is 1.37. The Morgan fingerprint density at radius 3 is 1.44 bits per heavy atom. The fraction of sp³-hybridized carbons (Fsp3) is 0.400. The third kappa shape index (κ3) is 2.16. The van der Waals surface area contributed by atoms with Gasteiger partial charge in [-0.15, -0.1) is 0 Å². The van der Waals surface area contributed by atoms with E-state index >= 15 is 0 Å². The maximum absolute atomic E-state index is 10.8. The highest BCUT2D eigenvalue weighted by Gasteiger charge is 2.22. The lowest BCUT2D eigenvalue weighted by Gasteiger charge is -2.07. The minimum atomic E-state index is -1.37. The molecule has 0 atom stereocenters. The molecular formula is C10H12N2O4. The molecule has 0 unspecified atom stereocenters. The van der Waals surface area contributed by atoms with Crippen LogP contribution in [0.1, 0.15) is 46.2 Å². The summed E-state index contributed by atoms with van der Waals surface area (Å²) in [6.45, 7) is 3.63. The first-order chi connectivity index (χ1) is 7.51. The quantitative estimate of drug-likeness (QED) is 0.791. The molecule has 0 aliphatic rings. The van der Waals surface area contributed by atoms with Crippen LogP contribution in [0.3, 0.4) is 0 Å². The zero-order valence-corrected chi connectivity index (χ0v) is 9.02. The Morgan fingerprint density at radius 2 is 1.25 bits per heavy atom. The monoisotopic (exact) mass is 224 g/mol. The van der Waals surface area contributed by atoms with Gasteiger partial charge in [0.2, 0.25) is 0 Å². The number of hydrogen-bond acceptors (Lipinski definition) is 4. The van der Waals surface area contributed by atoms with Gasteiger partial charge in [-0.25, -0.2) is 19.6 Å². The van der Waals surface area contributed by atoms with Crippen molar-refractivity contribution in [3.8, 4) is 0 Å². The van der Waals surface area contributed by atoms with E-state index in [1.165, 1.54) is 0 Å². The molecule has 0 saturated carbocycles. The molecule has 0 radical (unpaired) electrons. The molecule has 0 bridgehead atoms. The van der Waals surface area contributed by atoms with Gasteiger partial charge < -0.3 is 10.2 Å². The molecule has 1 rings (SSSR count). The molecule has 1 heterocycles. The summed E-state index contributed by atoms with van der Waals surface area (Å²) in [4.78, 5) is 29.3. The molecule has 0 aromatic carbocycles. The summed E-state index contributed by atoms with van der Waals surface area (Å²) in [5.41, 5.74) is 0.0675. The van der Waals surface area contributed by atoms with Gasteiger partial charge in [-0.2, -0.15) is 0 Å². The molecule has 0 amide bonds. The number of carboxylic acid groups (broad SMARTS) is 2. The number of rotatable bonds is 4. The van der Waals surface area contributed by atoms with Gasteiger partial charge in [0.15, 0.2) is 11.4 Å². The molecule has 1 aromatic heterocycles. The van der Waals surface area contributed by atoms with Gasteiger partial charge in [-0.3, -0.25) is 0 Å². The standard InChI is InChI=1S/C10H12N2O4/c1-3-5-6(4-2)12-8(10(15)16)7(11-5)9(13)14/h3-4H2,1-2H3,(H,13,14)(H,15,16). The number of hydrogen-bond donors (Lipinski definition) is 2. The van der Waals surface area contributed by atoms with Crippen molar-refractivity contribution in [2.24, 2.45) is 0 Å². The van der Waals surface area contributed by atoms with E-state index in [2.05, 4.69) is 9.97 Å². The van der Waals surface area contributed by atoms with Crippen LogP contribution in [0.15, 0.2) is 0 Å². The first-order valence-electron chi connectivity index (χ1n) is 4.87. The van der Waals surface area contributed by atoms with Gasteiger partial charge in [-0.1, -0.05) is 13.8 Å². The van der Waals surface area contributed by atoms with Crippen molar-refractivity contribution < 1.29 is 19.8 Å². The van der Waals surface area contributed by atoms with Gasteiger partial charge in [0, 0.05) is 0 Å². The average Bonchev–Trinajstić information content (AvgIpc) is 2.26. The Bertz CT molecular complexity index is 402. The van der Waals surface area contributed by atoms with Crippen molar-refractivity contribution in [2.45, 2.75) is 26.7 Å². The molecular weight excluding hydrogens is 212 g/mol. The van der Waals surface area contributed by atoms with Crippen LogP contribution >= 0.6 is 0 Å². The molecule has 0 spiro atoms. The first kappa shape index (κ1) is 12.1. The molecule has 0 saturated heterocycles. The van der Waals surface area contributed by atoms with E-state index in [1.807, 2.05) is 13.8 Å².